The summed E-state index contributed by atoms with van der Waals surface area (Å²) in [5.41, 5.74) is 2.93. The molecule has 0 bridgehead atoms. The number of thiophene rings is 1. The van der Waals surface area contributed by atoms with E-state index in [1.807, 2.05) is 31.5 Å². The van der Waals surface area contributed by atoms with Gasteiger partial charge in [-0.2, -0.15) is 5.10 Å². The topological polar surface area (TPSA) is 34.9 Å². The summed E-state index contributed by atoms with van der Waals surface area (Å²) < 4.78 is 1.88. The lowest BCUT2D eigenvalue weighted by atomic mass is 10.2. The van der Waals surface area contributed by atoms with Crippen LogP contribution in [0.3, 0.4) is 0 Å². The zero-order chi connectivity index (χ0) is 12.6. The maximum Gasteiger partial charge on any atom is 0.160 e. The monoisotopic (exact) mass is 268 g/mol. The normalized spacial score (nSPS) is 10.8. The maximum absolute atomic E-state index is 10.7. The Morgan fingerprint density at radius 3 is 2.65 bits per heavy atom. The summed E-state index contributed by atoms with van der Waals surface area (Å²) in [6, 6.07) is 1.91. The number of carbonyl (C=O) groups is 1. The van der Waals surface area contributed by atoms with E-state index in [0.717, 1.165) is 33.0 Å². The Balaban J connectivity index is 2.34. The van der Waals surface area contributed by atoms with E-state index in [0.29, 0.717) is 11.6 Å². The van der Waals surface area contributed by atoms with Crippen LogP contribution >= 0.6 is 22.9 Å². The number of aromatic nitrogens is 2. The van der Waals surface area contributed by atoms with Crippen LogP contribution in [0.1, 0.15) is 31.5 Å². The summed E-state index contributed by atoms with van der Waals surface area (Å²) in [6.45, 7) is 6.52. The SMILES string of the molecule is Cc1nn(Cc2cc(C=O)sc2C)c(C)c1Cl. The average molecular weight is 269 g/mol. The fourth-order valence-corrected chi connectivity index (χ4v) is 2.74. The summed E-state index contributed by atoms with van der Waals surface area (Å²) >= 11 is 7.61. The van der Waals surface area contributed by atoms with E-state index in [2.05, 4.69) is 5.10 Å². The quantitative estimate of drug-likeness (QED) is 0.800. The Morgan fingerprint density at radius 2 is 2.18 bits per heavy atom. The van der Waals surface area contributed by atoms with Gasteiger partial charge >= 0.3 is 0 Å². The lowest BCUT2D eigenvalue weighted by molar-refractivity contribution is 0.112. The molecule has 2 aromatic rings. The summed E-state index contributed by atoms with van der Waals surface area (Å²) in [5, 5.41) is 5.10. The Labute approximate surface area is 109 Å². The van der Waals surface area contributed by atoms with Gasteiger partial charge in [-0.3, -0.25) is 9.48 Å². The number of carbonyl (C=O) groups excluding carboxylic acids is 1. The van der Waals surface area contributed by atoms with Crippen molar-refractivity contribution in [1.82, 2.24) is 9.78 Å². The Morgan fingerprint density at radius 1 is 1.47 bits per heavy atom. The first-order chi connectivity index (χ1) is 8.02. The van der Waals surface area contributed by atoms with Gasteiger partial charge in [0.05, 0.1) is 27.8 Å². The molecule has 90 valence electrons. The second kappa shape index (κ2) is 4.63. The maximum atomic E-state index is 10.7. The molecule has 17 heavy (non-hydrogen) atoms. The molecule has 0 aliphatic rings. The molecule has 0 atom stereocenters. The molecule has 0 spiro atoms. The van der Waals surface area contributed by atoms with Gasteiger partial charge in [0.1, 0.15) is 0 Å². The first-order valence-corrected chi connectivity index (χ1v) is 6.46. The number of aryl methyl sites for hydroxylation is 2. The smallest absolute Gasteiger partial charge is 0.160 e. The van der Waals surface area contributed by atoms with E-state index >= 15 is 0 Å². The van der Waals surface area contributed by atoms with Crippen molar-refractivity contribution in [2.45, 2.75) is 27.3 Å². The molecule has 0 aliphatic heterocycles. The molecule has 0 aliphatic carbocycles. The largest absolute Gasteiger partial charge is 0.297 e. The van der Waals surface area contributed by atoms with Crippen LogP contribution in [0.2, 0.25) is 5.02 Å². The van der Waals surface area contributed by atoms with Crippen LogP contribution in [0, 0.1) is 20.8 Å². The zero-order valence-electron chi connectivity index (χ0n) is 9.95. The highest BCUT2D eigenvalue weighted by Gasteiger charge is 2.11. The third-order valence-corrected chi connectivity index (χ3v) is 4.33. The first-order valence-electron chi connectivity index (χ1n) is 5.27. The van der Waals surface area contributed by atoms with Crippen molar-refractivity contribution < 1.29 is 4.79 Å². The van der Waals surface area contributed by atoms with E-state index in [-0.39, 0.29) is 0 Å². The zero-order valence-corrected chi connectivity index (χ0v) is 11.5. The van der Waals surface area contributed by atoms with Crippen LogP contribution in [0.25, 0.3) is 0 Å². The van der Waals surface area contributed by atoms with Crippen LogP contribution in [0.4, 0.5) is 0 Å². The minimum absolute atomic E-state index is 0.662. The van der Waals surface area contributed by atoms with Crippen LogP contribution < -0.4 is 0 Å². The number of hydrogen-bond donors (Lipinski definition) is 0. The number of halogens is 1. The molecule has 2 rings (SSSR count). The predicted octanol–water partition coefficient (Wildman–Crippen LogP) is 3.38. The molecular weight excluding hydrogens is 256 g/mol. The Hall–Kier alpha value is -1.13. The standard InChI is InChI=1S/C12H13ClN2OS/c1-7-12(13)8(2)15(14-7)5-10-4-11(6-16)17-9(10)3/h4,6H,5H2,1-3H3. The average Bonchev–Trinajstić information content (AvgIpc) is 2.77. The molecule has 0 fully saturated rings. The lowest BCUT2D eigenvalue weighted by Crippen LogP contribution is -2.04. The first kappa shape index (κ1) is 12.3. The molecule has 0 aromatic carbocycles. The van der Waals surface area contributed by atoms with E-state index in [9.17, 15) is 4.79 Å². The fraction of sp³-hybridized carbons (Fsp3) is 0.333. The van der Waals surface area contributed by atoms with Crippen molar-refractivity contribution in [3.63, 3.8) is 0 Å². The molecule has 2 aromatic heterocycles. The lowest BCUT2D eigenvalue weighted by Gasteiger charge is -2.03. The molecular formula is C12H13ClN2OS. The van der Waals surface area contributed by atoms with Gasteiger partial charge in [-0.15, -0.1) is 11.3 Å². The van der Waals surface area contributed by atoms with Gasteiger partial charge in [0.15, 0.2) is 6.29 Å². The van der Waals surface area contributed by atoms with Gasteiger partial charge in [-0.25, -0.2) is 0 Å². The molecule has 0 amide bonds. The number of rotatable bonds is 3. The van der Waals surface area contributed by atoms with Gasteiger partial charge in [0, 0.05) is 4.88 Å². The van der Waals surface area contributed by atoms with Crippen molar-refractivity contribution >= 4 is 29.2 Å². The van der Waals surface area contributed by atoms with Gasteiger partial charge in [0.25, 0.3) is 0 Å². The van der Waals surface area contributed by atoms with Crippen LogP contribution in [0.15, 0.2) is 6.07 Å². The van der Waals surface area contributed by atoms with Crippen molar-refractivity contribution in [2.75, 3.05) is 0 Å². The van der Waals surface area contributed by atoms with Crippen molar-refractivity contribution in [2.24, 2.45) is 0 Å². The van der Waals surface area contributed by atoms with Crippen LogP contribution in [0.5, 0.6) is 0 Å². The third-order valence-electron chi connectivity index (χ3n) is 2.77. The van der Waals surface area contributed by atoms with Gasteiger partial charge in [-0.05, 0) is 32.4 Å². The van der Waals surface area contributed by atoms with E-state index in [1.54, 1.807) is 0 Å². The molecule has 0 saturated heterocycles. The minimum Gasteiger partial charge on any atom is -0.297 e. The van der Waals surface area contributed by atoms with Crippen molar-refractivity contribution in [1.29, 1.82) is 0 Å². The van der Waals surface area contributed by atoms with E-state index in [1.165, 1.54) is 11.3 Å². The summed E-state index contributed by atoms with van der Waals surface area (Å²) in [5.74, 6) is 0. The molecule has 0 saturated carbocycles. The fourth-order valence-electron chi connectivity index (χ4n) is 1.75. The molecule has 0 radical (unpaired) electrons. The van der Waals surface area contributed by atoms with Crippen molar-refractivity contribution in [3.05, 3.63) is 37.8 Å². The number of aldehydes is 1. The Bertz CT molecular complexity index is 571. The summed E-state index contributed by atoms with van der Waals surface area (Å²) in [6.07, 6.45) is 0.884. The molecule has 3 nitrogen and oxygen atoms in total. The second-order valence-electron chi connectivity index (χ2n) is 3.99. The molecule has 2 heterocycles. The van der Waals surface area contributed by atoms with E-state index in [4.69, 9.17) is 11.6 Å². The summed E-state index contributed by atoms with van der Waals surface area (Å²) in [7, 11) is 0. The van der Waals surface area contributed by atoms with Crippen LogP contribution in [-0.2, 0) is 6.54 Å². The molecule has 0 N–H and O–H groups in total. The van der Waals surface area contributed by atoms with Gasteiger partial charge < -0.3 is 0 Å². The summed E-state index contributed by atoms with van der Waals surface area (Å²) in [4.78, 5) is 12.6. The predicted molar refractivity (Wildman–Crippen MR) is 70.3 cm³/mol. The van der Waals surface area contributed by atoms with Crippen molar-refractivity contribution in [3.8, 4) is 0 Å². The minimum atomic E-state index is 0.662. The molecule has 5 heteroatoms. The van der Waals surface area contributed by atoms with Gasteiger partial charge in [-0.1, -0.05) is 11.6 Å². The number of hydrogen-bond acceptors (Lipinski definition) is 3. The molecule has 0 unspecified atom stereocenters. The highest BCUT2D eigenvalue weighted by molar-refractivity contribution is 7.13. The Kier molecular flexibility index (Phi) is 3.35. The third kappa shape index (κ3) is 2.28. The second-order valence-corrected chi connectivity index (χ2v) is 5.66. The van der Waals surface area contributed by atoms with Crippen LogP contribution in [-0.4, -0.2) is 16.1 Å². The van der Waals surface area contributed by atoms with Gasteiger partial charge in [0.2, 0.25) is 0 Å². The van der Waals surface area contributed by atoms with E-state index < -0.39 is 0 Å². The highest BCUT2D eigenvalue weighted by Crippen LogP contribution is 2.24. The number of nitrogens with zero attached hydrogens (tertiary/aromatic N) is 2. The highest BCUT2D eigenvalue weighted by atomic mass is 35.5.